The molecular formula is C14H15ClN6O. The van der Waals surface area contributed by atoms with Crippen LogP contribution in [0.25, 0.3) is 0 Å². The van der Waals surface area contributed by atoms with Gasteiger partial charge in [0.2, 0.25) is 0 Å². The highest BCUT2D eigenvalue weighted by Crippen LogP contribution is 2.34. The number of benzene rings is 1. The van der Waals surface area contributed by atoms with Crippen LogP contribution in [0.5, 0.6) is 0 Å². The number of hydrogen-bond donors (Lipinski definition) is 1. The molecule has 0 amide bonds. The van der Waals surface area contributed by atoms with Gasteiger partial charge in [0.15, 0.2) is 0 Å². The maximum Gasteiger partial charge on any atom is 0.137 e. The van der Waals surface area contributed by atoms with Crippen molar-refractivity contribution in [2.24, 2.45) is 0 Å². The predicted molar refractivity (Wildman–Crippen MR) is 80.1 cm³/mol. The van der Waals surface area contributed by atoms with E-state index in [1.807, 2.05) is 6.92 Å². The number of nitrogens with zero attached hydrogens (tertiary/aromatic N) is 6. The molecule has 0 radical (unpaired) electrons. The first-order valence-electron chi connectivity index (χ1n) is 6.74. The number of halogens is 1. The van der Waals surface area contributed by atoms with Crippen molar-refractivity contribution in [1.82, 2.24) is 29.5 Å². The first-order valence-corrected chi connectivity index (χ1v) is 7.12. The van der Waals surface area contributed by atoms with Gasteiger partial charge < -0.3 is 5.11 Å². The Kier molecular flexibility index (Phi) is 3.91. The number of aliphatic hydroxyl groups is 1. The topological polar surface area (TPSA) is 81.6 Å². The average molecular weight is 319 g/mol. The van der Waals surface area contributed by atoms with E-state index in [-0.39, 0.29) is 12.6 Å². The van der Waals surface area contributed by atoms with Gasteiger partial charge in [0.1, 0.15) is 30.9 Å². The van der Waals surface area contributed by atoms with Gasteiger partial charge in [-0.2, -0.15) is 10.2 Å². The van der Waals surface area contributed by atoms with Crippen LogP contribution < -0.4 is 0 Å². The SMILES string of the molecule is CC(n1cncn1)C(O)(Cn1cncn1)c1ccc(Cl)cc1. The van der Waals surface area contributed by atoms with Gasteiger partial charge >= 0.3 is 0 Å². The van der Waals surface area contributed by atoms with E-state index in [9.17, 15) is 5.11 Å². The third kappa shape index (κ3) is 2.72. The molecule has 7 nitrogen and oxygen atoms in total. The fraction of sp³-hybridized carbons (Fsp3) is 0.286. The summed E-state index contributed by atoms with van der Waals surface area (Å²) < 4.78 is 3.20. The fourth-order valence-corrected chi connectivity index (χ4v) is 2.53. The summed E-state index contributed by atoms with van der Waals surface area (Å²) in [5.74, 6) is 0. The largest absolute Gasteiger partial charge is 0.381 e. The molecular weight excluding hydrogens is 304 g/mol. The second kappa shape index (κ2) is 5.86. The summed E-state index contributed by atoms with van der Waals surface area (Å²) in [6.07, 6.45) is 6.01. The van der Waals surface area contributed by atoms with Crippen molar-refractivity contribution in [3.8, 4) is 0 Å². The molecule has 2 atom stereocenters. The molecule has 2 aromatic heterocycles. The smallest absolute Gasteiger partial charge is 0.137 e. The third-order valence-electron chi connectivity index (χ3n) is 3.74. The molecule has 114 valence electrons. The Morgan fingerprint density at radius 1 is 1.14 bits per heavy atom. The minimum Gasteiger partial charge on any atom is -0.381 e. The average Bonchev–Trinajstić information content (AvgIpc) is 3.20. The number of aromatic nitrogens is 6. The number of rotatable bonds is 5. The summed E-state index contributed by atoms with van der Waals surface area (Å²) in [6.45, 7) is 2.11. The molecule has 0 aliphatic carbocycles. The minimum atomic E-state index is -1.24. The molecule has 2 unspecified atom stereocenters. The Bertz CT molecular complexity index is 712. The number of hydrogen-bond acceptors (Lipinski definition) is 5. The van der Waals surface area contributed by atoms with Crippen molar-refractivity contribution in [3.63, 3.8) is 0 Å². The van der Waals surface area contributed by atoms with Gasteiger partial charge in [0.05, 0.1) is 12.6 Å². The van der Waals surface area contributed by atoms with E-state index in [0.29, 0.717) is 5.02 Å². The highest BCUT2D eigenvalue weighted by Gasteiger charge is 2.38. The molecule has 1 N–H and O–H groups in total. The molecule has 0 saturated heterocycles. The van der Waals surface area contributed by atoms with Crippen molar-refractivity contribution >= 4 is 11.6 Å². The lowest BCUT2D eigenvalue weighted by Crippen LogP contribution is -2.40. The van der Waals surface area contributed by atoms with Crippen LogP contribution in [0.3, 0.4) is 0 Å². The molecule has 22 heavy (non-hydrogen) atoms. The molecule has 3 aromatic rings. The van der Waals surface area contributed by atoms with E-state index >= 15 is 0 Å². The van der Waals surface area contributed by atoms with Crippen molar-refractivity contribution in [3.05, 3.63) is 60.2 Å². The van der Waals surface area contributed by atoms with Crippen LogP contribution >= 0.6 is 11.6 Å². The van der Waals surface area contributed by atoms with Crippen molar-refractivity contribution in [2.45, 2.75) is 25.1 Å². The zero-order valence-electron chi connectivity index (χ0n) is 11.9. The Balaban J connectivity index is 2.02. The zero-order valence-corrected chi connectivity index (χ0v) is 12.7. The second-order valence-electron chi connectivity index (χ2n) is 5.08. The highest BCUT2D eigenvalue weighted by molar-refractivity contribution is 6.30. The van der Waals surface area contributed by atoms with Crippen LogP contribution in [-0.2, 0) is 12.1 Å². The lowest BCUT2D eigenvalue weighted by Gasteiger charge is -2.34. The van der Waals surface area contributed by atoms with Gasteiger partial charge in [-0.1, -0.05) is 23.7 Å². The van der Waals surface area contributed by atoms with Gasteiger partial charge in [-0.15, -0.1) is 0 Å². The lowest BCUT2D eigenvalue weighted by molar-refractivity contribution is -0.0341. The van der Waals surface area contributed by atoms with Crippen LogP contribution in [0.1, 0.15) is 18.5 Å². The van der Waals surface area contributed by atoms with E-state index in [2.05, 4.69) is 20.2 Å². The summed E-state index contributed by atoms with van der Waals surface area (Å²) >= 11 is 5.95. The standard InChI is InChI=1S/C14H15ClN6O/c1-11(21-10-17-8-19-21)14(22,6-20-9-16-7-18-20)12-2-4-13(15)5-3-12/h2-5,7-11,22H,6H2,1H3. The lowest BCUT2D eigenvalue weighted by atomic mass is 9.87. The molecule has 1 aromatic carbocycles. The second-order valence-corrected chi connectivity index (χ2v) is 5.51. The van der Waals surface area contributed by atoms with Crippen LogP contribution in [0, 0.1) is 0 Å². The Labute approximate surface area is 132 Å². The van der Waals surface area contributed by atoms with E-state index in [4.69, 9.17) is 11.6 Å². The van der Waals surface area contributed by atoms with E-state index in [1.165, 1.54) is 12.7 Å². The molecule has 0 bridgehead atoms. The van der Waals surface area contributed by atoms with E-state index in [0.717, 1.165) is 5.56 Å². The molecule has 0 fully saturated rings. The predicted octanol–water partition coefficient (Wildman–Crippen LogP) is 1.67. The van der Waals surface area contributed by atoms with Crippen molar-refractivity contribution in [1.29, 1.82) is 0 Å². The maximum absolute atomic E-state index is 11.4. The Morgan fingerprint density at radius 2 is 1.82 bits per heavy atom. The van der Waals surface area contributed by atoms with Gasteiger partial charge in [0.25, 0.3) is 0 Å². The first-order chi connectivity index (χ1) is 10.6. The van der Waals surface area contributed by atoms with Gasteiger partial charge in [-0.3, -0.25) is 0 Å². The van der Waals surface area contributed by atoms with Gasteiger partial charge in [0, 0.05) is 5.02 Å². The Morgan fingerprint density at radius 3 is 2.41 bits per heavy atom. The molecule has 2 heterocycles. The third-order valence-corrected chi connectivity index (χ3v) is 3.99. The summed E-state index contributed by atoms with van der Waals surface area (Å²) in [5.41, 5.74) is -0.526. The van der Waals surface area contributed by atoms with Crippen molar-refractivity contribution < 1.29 is 5.11 Å². The van der Waals surface area contributed by atoms with E-state index in [1.54, 1.807) is 46.3 Å². The quantitative estimate of drug-likeness (QED) is 0.774. The van der Waals surface area contributed by atoms with Gasteiger partial charge in [-0.05, 0) is 24.6 Å². The summed E-state index contributed by atoms with van der Waals surface area (Å²) in [5, 5.41) is 20.2. The molecule has 0 saturated carbocycles. The minimum absolute atomic E-state index is 0.232. The normalized spacial score (nSPS) is 15.4. The Hall–Kier alpha value is -2.25. The summed E-state index contributed by atoms with van der Waals surface area (Å²) in [6, 6.07) is 6.73. The zero-order chi connectivity index (χ0) is 15.6. The van der Waals surface area contributed by atoms with Crippen LogP contribution in [0.4, 0.5) is 0 Å². The monoisotopic (exact) mass is 318 g/mol. The summed E-state index contributed by atoms with van der Waals surface area (Å²) in [7, 11) is 0. The van der Waals surface area contributed by atoms with Gasteiger partial charge in [-0.25, -0.2) is 19.3 Å². The molecule has 0 aliphatic rings. The summed E-state index contributed by atoms with van der Waals surface area (Å²) in [4.78, 5) is 7.87. The van der Waals surface area contributed by atoms with Crippen LogP contribution in [0.2, 0.25) is 5.02 Å². The highest BCUT2D eigenvalue weighted by atomic mass is 35.5. The fourth-order valence-electron chi connectivity index (χ4n) is 2.40. The molecule has 3 rings (SSSR count). The first kappa shape index (κ1) is 14.7. The van der Waals surface area contributed by atoms with Crippen LogP contribution in [-0.4, -0.2) is 34.6 Å². The van der Waals surface area contributed by atoms with Crippen LogP contribution in [0.15, 0.2) is 49.6 Å². The molecule has 0 spiro atoms. The molecule has 8 heteroatoms. The maximum atomic E-state index is 11.4. The molecule has 0 aliphatic heterocycles. The van der Waals surface area contributed by atoms with E-state index < -0.39 is 5.60 Å². The van der Waals surface area contributed by atoms with Crippen molar-refractivity contribution in [2.75, 3.05) is 0 Å².